The van der Waals surface area contributed by atoms with E-state index < -0.39 is 11.4 Å². The molecule has 0 N–H and O–H groups in total. The molecule has 0 amide bonds. The summed E-state index contributed by atoms with van der Waals surface area (Å²) in [5.41, 5.74) is 3.33. The topological polar surface area (TPSA) is 56.5 Å². The van der Waals surface area contributed by atoms with Crippen molar-refractivity contribution in [3.8, 4) is 5.75 Å². The van der Waals surface area contributed by atoms with E-state index in [1.54, 1.807) is 6.07 Å². The van der Waals surface area contributed by atoms with Gasteiger partial charge in [0.15, 0.2) is 5.78 Å². The molecular weight excluding hydrogens is 335 g/mol. The van der Waals surface area contributed by atoms with Gasteiger partial charge < -0.3 is 9.15 Å². The quantitative estimate of drug-likeness (QED) is 0.521. The molecule has 1 aliphatic rings. The minimum absolute atomic E-state index is 0.0266. The summed E-state index contributed by atoms with van der Waals surface area (Å²) in [5.74, 6) is -0.658. The summed E-state index contributed by atoms with van der Waals surface area (Å²) in [6.07, 6.45) is 3.11. The average molecular weight is 352 g/mol. The fraction of sp³-hybridized carbons (Fsp3) is 0.238. The van der Waals surface area contributed by atoms with Gasteiger partial charge >= 0.3 is 5.63 Å². The van der Waals surface area contributed by atoms with E-state index in [4.69, 9.17) is 9.15 Å². The van der Waals surface area contributed by atoms with Crippen LogP contribution in [0.25, 0.3) is 11.0 Å². The zero-order chi connectivity index (χ0) is 18.3. The van der Waals surface area contributed by atoms with Gasteiger partial charge in [0.05, 0.1) is 5.56 Å². The van der Waals surface area contributed by atoms with Crippen molar-refractivity contribution in [2.24, 2.45) is 0 Å². The van der Waals surface area contributed by atoms with E-state index in [1.807, 2.05) is 6.07 Å². The highest BCUT2D eigenvalue weighted by Gasteiger charge is 2.16. The fourth-order valence-corrected chi connectivity index (χ4v) is 3.45. The van der Waals surface area contributed by atoms with Gasteiger partial charge in [-0.1, -0.05) is 0 Å². The molecule has 4 rings (SSSR count). The Morgan fingerprint density at radius 1 is 1.15 bits per heavy atom. The molecule has 0 saturated heterocycles. The van der Waals surface area contributed by atoms with Crippen LogP contribution in [0.15, 0.2) is 45.6 Å². The summed E-state index contributed by atoms with van der Waals surface area (Å²) in [4.78, 5) is 23.2. The number of rotatable bonds is 4. The first-order valence-corrected chi connectivity index (χ1v) is 8.53. The summed E-state index contributed by atoms with van der Waals surface area (Å²) >= 11 is 0. The van der Waals surface area contributed by atoms with E-state index in [-0.39, 0.29) is 18.0 Å². The van der Waals surface area contributed by atoms with Crippen molar-refractivity contribution in [3.63, 3.8) is 0 Å². The molecule has 2 aromatic carbocycles. The van der Waals surface area contributed by atoms with Gasteiger partial charge in [0, 0.05) is 23.1 Å². The molecule has 1 aromatic heterocycles. The first kappa shape index (κ1) is 16.5. The zero-order valence-electron chi connectivity index (χ0n) is 14.3. The van der Waals surface area contributed by atoms with Crippen molar-refractivity contribution in [1.82, 2.24) is 0 Å². The predicted molar refractivity (Wildman–Crippen MR) is 95.2 cm³/mol. The van der Waals surface area contributed by atoms with Gasteiger partial charge in [-0.2, -0.15) is 0 Å². The second-order valence-electron chi connectivity index (χ2n) is 6.55. The number of Topliss-reactive ketones (excluding diaryl/α,β-unsaturated/α-hetero) is 1. The summed E-state index contributed by atoms with van der Waals surface area (Å²) < 4.78 is 24.9. The Hall–Kier alpha value is -2.95. The van der Waals surface area contributed by atoms with Gasteiger partial charge in [-0.3, -0.25) is 4.79 Å². The van der Waals surface area contributed by atoms with Crippen LogP contribution >= 0.6 is 0 Å². The number of fused-ring (bicyclic) bond motifs is 2. The van der Waals surface area contributed by atoms with Crippen LogP contribution in [0.4, 0.5) is 4.39 Å². The molecule has 5 heteroatoms. The monoisotopic (exact) mass is 352 g/mol. The third-order valence-electron chi connectivity index (χ3n) is 4.76. The maximum atomic E-state index is 13.9. The van der Waals surface area contributed by atoms with Crippen LogP contribution in [0, 0.1) is 5.82 Å². The smallest absolute Gasteiger partial charge is 0.336 e. The lowest BCUT2D eigenvalue weighted by Crippen LogP contribution is -2.05. The van der Waals surface area contributed by atoms with Crippen molar-refractivity contribution >= 4 is 16.8 Å². The molecule has 0 aliphatic heterocycles. The number of halogens is 1. The molecule has 0 bridgehead atoms. The maximum absolute atomic E-state index is 13.9. The van der Waals surface area contributed by atoms with Crippen LogP contribution in [0.3, 0.4) is 0 Å². The van der Waals surface area contributed by atoms with Crippen LogP contribution in [0.5, 0.6) is 5.75 Å². The summed E-state index contributed by atoms with van der Waals surface area (Å²) in [5, 5.41) is 0.839. The molecule has 0 spiro atoms. The summed E-state index contributed by atoms with van der Waals surface area (Å²) in [6.45, 7) is 1.42. The van der Waals surface area contributed by atoms with Crippen molar-refractivity contribution in [3.05, 3.63) is 74.9 Å². The highest BCUT2D eigenvalue weighted by atomic mass is 19.1. The number of carbonyl (C=O) groups excluding carboxylic acids is 1. The van der Waals surface area contributed by atoms with E-state index in [9.17, 15) is 14.0 Å². The van der Waals surface area contributed by atoms with Crippen LogP contribution in [0.2, 0.25) is 0 Å². The Labute approximate surface area is 149 Å². The Morgan fingerprint density at radius 3 is 2.65 bits per heavy atom. The van der Waals surface area contributed by atoms with Crippen molar-refractivity contribution in [2.45, 2.75) is 32.8 Å². The van der Waals surface area contributed by atoms with E-state index in [1.165, 1.54) is 36.2 Å². The van der Waals surface area contributed by atoms with E-state index in [2.05, 4.69) is 6.07 Å². The standard InChI is InChI=1S/C21H17FO4/c1-12(23)17-6-5-16(10-19(17)22)25-11-15-9-21(24)26-20-8-14-4-2-3-13(14)7-18(15)20/h5-10H,2-4,11H2,1H3. The second kappa shape index (κ2) is 6.41. The summed E-state index contributed by atoms with van der Waals surface area (Å²) in [6, 6.07) is 9.52. The molecule has 0 fully saturated rings. The summed E-state index contributed by atoms with van der Waals surface area (Å²) in [7, 11) is 0. The van der Waals surface area contributed by atoms with Crippen molar-refractivity contribution < 1.29 is 18.3 Å². The number of hydrogen-bond donors (Lipinski definition) is 0. The number of aryl methyl sites for hydroxylation is 2. The third kappa shape index (κ3) is 3.01. The normalized spacial score (nSPS) is 13.0. The Kier molecular flexibility index (Phi) is 4.07. The lowest BCUT2D eigenvalue weighted by atomic mass is 10.0. The minimum atomic E-state index is -0.620. The second-order valence-corrected chi connectivity index (χ2v) is 6.55. The van der Waals surface area contributed by atoms with E-state index in [0.717, 1.165) is 24.6 Å². The molecule has 3 aromatic rings. The maximum Gasteiger partial charge on any atom is 0.336 e. The van der Waals surface area contributed by atoms with Crippen LogP contribution in [-0.2, 0) is 19.4 Å². The lowest BCUT2D eigenvalue weighted by molar-refractivity contribution is 0.101. The SMILES string of the molecule is CC(=O)c1ccc(OCc2cc(=O)oc3cc4c(cc23)CCC4)cc1F. The number of carbonyl (C=O) groups is 1. The van der Waals surface area contributed by atoms with Crippen LogP contribution in [-0.4, -0.2) is 5.78 Å². The Bertz CT molecular complexity index is 1080. The number of hydrogen-bond acceptors (Lipinski definition) is 4. The van der Waals surface area contributed by atoms with Crippen molar-refractivity contribution in [2.75, 3.05) is 0 Å². The van der Waals surface area contributed by atoms with Crippen LogP contribution < -0.4 is 10.4 Å². The Morgan fingerprint density at radius 2 is 1.92 bits per heavy atom. The van der Waals surface area contributed by atoms with E-state index in [0.29, 0.717) is 16.9 Å². The van der Waals surface area contributed by atoms with Gasteiger partial charge in [0.1, 0.15) is 23.8 Å². The molecule has 132 valence electrons. The molecule has 0 atom stereocenters. The molecule has 1 aliphatic carbocycles. The van der Waals surface area contributed by atoms with Crippen molar-refractivity contribution in [1.29, 1.82) is 0 Å². The minimum Gasteiger partial charge on any atom is -0.489 e. The molecule has 0 radical (unpaired) electrons. The fourth-order valence-electron chi connectivity index (χ4n) is 3.45. The molecule has 1 heterocycles. The van der Waals surface area contributed by atoms with Gasteiger partial charge in [-0.05, 0) is 61.6 Å². The lowest BCUT2D eigenvalue weighted by Gasteiger charge is -2.10. The zero-order valence-corrected chi connectivity index (χ0v) is 14.3. The number of ether oxygens (including phenoxy) is 1. The van der Waals surface area contributed by atoms with Gasteiger partial charge in [0.2, 0.25) is 0 Å². The largest absolute Gasteiger partial charge is 0.489 e. The molecule has 26 heavy (non-hydrogen) atoms. The highest BCUT2D eigenvalue weighted by molar-refractivity contribution is 5.94. The number of ketones is 1. The molecular formula is C21H17FO4. The number of benzene rings is 2. The third-order valence-corrected chi connectivity index (χ3v) is 4.76. The van der Waals surface area contributed by atoms with Gasteiger partial charge in [0.25, 0.3) is 0 Å². The molecule has 0 unspecified atom stereocenters. The highest BCUT2D eigenvalue weighted by Crippen LogP contribution is 2.29. The first-order chi connectivity index (χ1) is 12.5. The first-order valence-electron chi connectivity index (χ1n) is 8.53. The average Bonchev–Trinajstić information content (AvgIpc) is 3.04. The van der Waals surface area contributed by atoms with E-state index >= 15 is 0 Å². The van der Waals surface area contributed by atoms with Gasteiger partial charge in [-0.15, -0.1) is 0 Å². The molecule has 4 nitrogen and oxygen atoms in total. The van der Waals surface area contributed by atoms with Gasteiger partial charge in [-0.25, -0.2) is 9.18 Å². The van der Waals surface area contributed by atoms with Crippen LogP contribution in [0.1, 0.15) is 40.4 Å². The predicted octanol–water partition coefficient (Wildman–Crippen LogP) is 4.20. The Balaban J connectivity index is 1.66. The molecule has 0 saturated carbocycles.